The van der Waals surface area contributed by atoms with Crippen LogP contribution in [-0.2, 0) is 16.6 Å². The van der Waals surface area contributed by atoms with Crippen LogP contribution in [0.3, 0.4) is 0 Å². The van der Waals surface area contributed by atoms with Crippen molar-refractivity contribution >= 4 is 21.4 Å². The standard InChI is InChI=1S/C18H22N4O3S2/c1-13-18(27(23,24)21-8-4-3-5-9-21)14(2)22(19-13)12-15-11-16(25-20-15)17-7-6-10-26-17/h6-7,10-11H,3-5,8-9,12H2,1-2H3. The molecule has 4 rings (SSSR count). The van der Waals surface area contributed by atoms with Crippen LogP contribution in [0.5, 0.6) is 0 Å². The number of hydrogen-bond acceptors (Lipinski definition) is 6. The van der Waals surface area contributed by atoms with Crippen LogP contribution in [0, 0.1) is 13.8 Å². The van der Waals surface area contributed by atoms with Gasteiger partial charge in [0.25, 0.3) is 0 Å². The molecule has 0 amide bonds. The molecule has 3 aromatic rings. The Hall–Kier alpha value is -1.97. The fourth-order valence-corrected chi connectivity index (χ4v) is 6.08. The highest BCUT2D eigenvalue weighted by molar-refractivity contribution is 7.89. The van der Waals surface area contributed by atoms with E-state index in [1.165, 1.54) is 0 Å². The molecule has 1 aliphatic heterocycles. The minimum absolute atomic E-state index is 0.325. The number of piperidine rings is 1. The van der Waals surface area contributed by atoms with Crippen molar-refractivity contribution in [3.8, 4) is 10.6 Å². The minimum atomic E-state index is -3.52. The van der Waals surface area contributed by atoms with Crippen molar-refractivity contribution in [1.29, 1.82) is 0 Å². The van der Waals surface area contributed by atoms with E-state index in [2.05, 4.69) is 10.3 Å². The summed E-state index contributed by atoms with van der Waals surface area (Å²) in [4.78, 5) is 1.34. The molecule has 27 heavy (non-hydrogen) atoms. The second-order valence-electron chi connectivity index (χ2n) is 6.78. The molecule has 0 atom stereocenters. The van der Waals surface area contributed by atoms with E-state index in [4.69, 9.17) is 4.52 Å². The van der Waals surface area contributed by atoms with Crippen LogP contribution >= 0.6 is 11.3 Å². The summed E-state index contributed by atoms with van der Waals surface area (Å²) >= 11 is 1.58. The van der Waals surface area contributed by atoms with Gasteiger partial charge in [-0.2, -0.15) is 9.40 Å². The van der Waals surface area contributed by atoms with Crippen LogP contribution in [0.25, 0.3) is 10.6 Å². The zero-order chi connectivity index (χ0) is 19.0. The first kappa shape index (κ1) is 18.4. The van der Waals surface area contributed by atoms with E-state index in [9.17, 15) is 8.42 Å². The van der Waals surface area contributed by atoms with Crippen LogP contribution in [0.15, 0.2) is 33.0 Å². The summed E-state index contributed by atoms with van der Waals surface area (Å²) in [5.41, 5.74) is 1.88. The summed E-state index contributed by atoms with van der Waals surface area (Å²) in [6.07, 6.45) is 2.91. The van der Waals surface area contributed by atoms with Crippen molar-refractivity contribution in [2.75, 3.05) is 13.1 Å². The number of sulfonamides is 1. The Labute approximate surface area is 162 Å². The van der Waals surface area contributed by atoms with Crippen LogP contribution in [-0.4, -0.2) is 40.7 Å². The molecule has 144 valence electrons. The first-order valence-corrected chi connectivity index (χ1v) is 11.3. The van der Waals surface area contributed by atoms with Gasteiger partial charge in [0.15, 0.2) is 5.76 Å². The molecule has 0 radical (unpaired) electrons. The number of thiophene rings is 1. The van der Waals surface area contributed by atoms with Crippen LogP contribution in [0.1, 0.15) is 36.3 Å². The van der Waals surface area contributed by atoms with Crippen molar-refractivity contribution in [2.24, 2.45) is 0 Å². The van der Waals surface area contributed by atoms with E-state index in [1.807, 2.05) is 23.6 Å². The van der Waals surface area contributed by atoms with Crippen molar-refractivity contribution in [2.45, 2.75) is 44.6 Å². The SMILES string of the molecule is Cc1nn(Cc2cc(-c3cccs3)on2)c(C)c1S(=O)(=O)N1CCCCC1. The van der Waals surface area contributed by atoms with E-state index in [-0.39, 0.29) is 0 Å². The van der Waals surface area contributed by atoms with Gasteiger partial charge in [-0.1, -0.05) is 17.6 Å². The normalized spacial score (nSPS) is 16.1. The molecule has 0 saturated carbocycles. The Bertz CT molecular complexity index is 1030. The Kier molecular flexibility index (Phi) is 4.92. The van der Waals surface area contributed by atoms with Crippen molar-refractivity contribution < 1.29 is 12.9 Å². The lowest BCUT2D eigenvalue weighted by Crippen LogP contribution is -2.36. The maximum absolute atomic E-state index is 13.1. The largest absolute Gasteiger partial charge is 0.355 e. The molecule has 0 spiro atoms. The third-order valence-electron chi connectivity index (χ3n) is 4.86. The predicted molar refractivity (Wildman–Crippen MR) is 103 cm³/mol. The third-order valence-corrected chi connectivity index (χ3v) is 7.90. The summed E-state index contributed by atoms with van der Waals surface area (Å²) in [5, 5.41) is 10.6. The van der Waals surface area contributed by atoms with Crippen molar-refractivity contribution in [1.82, 2.24) is 19.2 Å². The topological polar surface area (TPSA) is 81.2 Å². The fraction of sp³-hybridized carbons (Fsp3) is 0.444. The zero-order valence-corrected chi connectivity index (χ0v) is 17.0. The van der Waals surface area contributed by atoms with Gasteiger partial charge in [0, 0.05) is 19.2 Å². The second-order valence-corrected chi connectivity index (χ2v) is 9.60. The quantitative estimate of drug-likeness (QED) is 0.648. The van der Waals surface area contributed by atoms with Gasteiger partial charge in [-0.15, -0.1) is 11.3 Å². The zero-order valence-electron chi connectivity index (χ0n) is 15.4. The molecule has 0 N–H and O–H groups in total. The van der Waals surface area contributed by atoms with Crippen LogP contribution < -0.4 is 0 Å². The Morgan fingerprint density at radius 1 is 1.22 bits per heavy atom. The average Bonchev–Trinajstić information content (AvgIpc) is 3.37. The van der Waals surface area contributed by atoms with E-state index in [1.54, 1.807) is 34.2 Å². The summed E-state index contributed by atoms with van der Waals surface area (Å²) in [5.74, 6) is 0.711. The number of hydrogen-bond donors (Lipinski definition) is 0. The molecule has 0 unspecified atom stereocenters. The molecule has 0 aromatic carbocycles. The highest BCUT2D eigenvalue weighted by atomic mass is 32.2. The number of aryl methyl sites for hydroxylation is 1. The van der Waals surface area contributed by atoms with E-state index >= 15 is 0 Å². The molecule has 9 heteroatoms. The van der Waals surface area contributed by atoms with E-state index in [0.717, 1.165) is 24.1 Å². The first-order valence-electron chi connectivity index (χ1n) is 9.00. The van der Waals surface area contributed by atoms with Crippen LogP contribution in [0.2, 0.25) is 0 Å². The summed E-state index contributed by atoms with van der Waals surface area (Å²) < 4.78 is 34.9. The molecule has 4 heterocycles. The maximum Gasteiger partial charge on any atom is 0.246 e. The molecule has 0 aliphatic carbocycles. The molecule has 1 saturated heterocycles. The van der Waals surface area contributed by atoms with Gasteiger partial charge in [0.2, 0.25) is 10.0 Å². The molecule has 1 aliphatic rings. The summed E-state index contributed by atoms with van der Waals surface area (Å²) in [6.45, 7) is 5.09. The van der Waals surface area contributed by atoms with Crippen LogP contribution in [0.4, 0.5) is 0 Å². The molecule has 1 fully saturated rings. The van der Waals surface area contributed by atoms with Crippen molar-refractivity contribution in [3.05, 3.63) is 40.7 Å². The third kappa shape index (κ3) is 3.46. The van der Waals surface area contributed by atoms with Gasteiger partial charge in [0.1, 0.15) is 10.6 Å². The molecular weight excluding hydrogens is 384 g/mol. The van der Waals surface area contributed by atoms with E-state index in [0.29, 0.717) is 47.4 Å². The Morgan fingerprint density at radius 3 is 2.70 bits per heavy atom. The van der Waals surface area contributed by atoms with E-state index < -0.39 is 10.0 Å². The second kappa shape index (κ2) is 7.21. The summed E-state index contributed by atoms with van der Waals surface area (Å²) in [7, 11) is -3.52. The van der Waals surface area contributed by atoms with Gasteiger partial charge < -0.3 is 4.52 Å². The first-order chi connectivity index (χ1) is 13.0. The Balaban J connectivity index is 1.61. The van der Waals surface area contributed by atoms with Gasteiger partial charge in [0.05, 0.1) is 22.8 Å². The minimum Gasteiger partial charge on any atom is -0.355 e. The smallest absolute Gasteiger partial charge is 0.246 e. The predicted octanol–water partition coefficient (Wildman–Crippen LogP) is 3.44. The molecule has 7 nitrogen and oxygen atoms in total. The lowest BCUT2D eigenvalue weighted by molar-refractivity contribution is 0.346. The highest BCUT2D eigenvalue weighted by Crippen LogP contribution is 2.28. The lowest BCUT2D eigenvalue weighted by atomic mass is 10.2. The monoisotopic (exact) mass is 406 g/mol. The average molecular weight is 407 g/mol. The Morgan fingerprint density at radius 2 is 2.00 bits per heavy atom. The van der Waals surface area contributed by atoms with Crippen molar-refractivity contribution in [3.63, 3.8) is 0 Å². The molecule has 0 bridgehead atoms. The fourth-order valence-electron chi connectivity index (χ4n) is 3.52. The number of aromatic nitrogens is 3. The van der Waals surface area contributed by atoms with Gasteiger partial charge in [-0.25, -0.2) is 8.42 Å². The highest BCUT2D eigenvalue weighted by Gasteiger charge is 2.31. The number of rotatable bonds is 5. The molecule has 3 aromatic heterocycles. The summed E-state index contributed by atoms with van der Waals surface area (Å²) in [6, 6.07) is 5.81. The molecular formula is C18H22N4O3S2. The number of nitrogens with zero attached hydrogens (tertiary/aromatic N) is 4. The lowest BCUT2D eigenvalue weighted by Gasteiger charge is -2.25. The van der Waals surface area contributed by atoms with Gasteiger partial charge >= 0.3 is 0 Å². The maximum atomic E-state index is 13.1. The van der Waals surface area contributed by atoms with Gasteiger partial charge in [-0.05, 0) is 38.1 Å². The van der Waals surface area contributed by atoms with Gasteiger partial charge in [-0.3, -0.25) is 4.68 Å².